The van der Waals surface area contributed by atoms with Gasteiger partial charge in [-0.15, -0.1) is 0 Å². The number of anilines is 1. The third kappa shape index (κ3) is 2.76. The van der Waals surface area contributed by atoms with Crippen LogP contribution in [0.4, 0.5) is 5.69 Å². The molecule has 0 aliphatic heterocycles. The number of hydrogen-bond donors (Lipinski definition) is 2. The Hall–Kier alpha value is -2.30. The average molecular weight is 259 g/mol. The zero-order valence-corrected chi connectivity index (χ0v) is 11.2. The lowest BCUT2D eigenvalue weighted by Gasteiger charge is -2.16. The molecule has 0 fully saturated rings. The molecular weight excluding hydrogens is 242 g/mol. The second-order valence-corrected chi connectivity index (χ2v) is 4.52. The van der Waals surface area contributed by atoms with E-state index in [0.29, 0.717) is 11.3 Å². The minimum absolute atomic E-state index is 0.0120. The summed E-state index contributed by atoms with van der Waals surface area (Å²) >= 11 is 0. The monoisotopic (exact) mass is 259 g/mol. The summed E-state index contributed by atoms with van der Waals surface area (Å²) in [5.74, 6) is 1.24. The summed E-state index contributed by atoms with van der Waals surface area (Å²) in [6.45, 7) is 5.83. The predicted molar refractivity (Wildman–Crippen MR) is 73.0 cm³/mol. The van der Waals surface area contributed by atoms with Crippen LogP contribution in [0.3, 0.4) is 0 Å². The van der Waals surface area contributed by atoms with Crippen LogP contribution in [0, 0.1) is 13.8 Å². The quantitative estimate of drug-likeness (QED) is 0.884. The van der Waals surface area contributed by atoms with Crippen LogP contribution in [-0.4, -0.2) is 10.9 Å². The van der Waals surface area contributed by atoms with Gasteiger partial charge in [-0.2, -0.15) is 0 Å². The minimum Gasteiger partial charge on any atom is -0.466 e. The van der Waals surface area contributed by atoms with Gasteiger partial charge in [-0.1, -0.05) is 0 Å². The SMILES string of the molecule is Cc1cc(C(C)Nc2ccncc2C(N)=O)c(C)o1. The number of rotatable bonds is 4. The van der Waals surface area contributed by atoms with Crippen LogP contribution in [0.25, 0.3) is 0 Å². The number of pyridine rings is 1. The van der Waals surface area contributed by atoms with E-state index in [0.717, 1.165) is 17.1 Å². The normalized spacial score (nSPS) is 12.2. The molecule has 0 saturated heterocycles. The molecular formula is C14H17N3O2. The zero-order chi connectivity index (χ0) is 14.0. The maximum absolute atomic E-state index is 11.3. The van der Waals surface area contributed by atoms with Gasteiger partial charge in [0, 0.05) is 18.0 Å². The highest BCUT2D eigenvalue weighted by atomic mass is 16.3. The first-order valence-electron chi connectivity index (χ1n) is 6.06. The number of hydrogen-bond acceptors (Lipinski definition) is 4. The molecule has 5 nitrogen and oxygen atoms in total. The fourth-order valence-corrected chi connectivity index (χ4v) is 2.11. The molecule has 1 amide bonds. The Kier molecular flexibility index (Phi) is 3.55. The van der Waals surface area contributed by atoms with E-state index in [2.05, 4.69) is 10.3 Å². The lowest BCUT2D eigenvalue weighted by Crippen LogP contribution is -2.16. The van der Waals surface area contributed by atoms with Gasteiger partial charge in [0.15, 0.2) is 0 Å². The van der Waals surface area contributed by atoms with E-state index in [1.165, 1.54) is 6.20 Å². The Bertz CT molecular complexity index is 604. The topological polar surface area (TPSA) is 81.1 Å². The van der Waals surface area contributed by atoms with Crippen LogP contribution in [0.15, 0.2) is 28.9 Å². The van der Waals surface area contributed by atoms with E-state index >= 15 is 0 Å². The molecule has 0 aliphatic rings. The molecule has 1 unspecified atom stereocenters. The maximum atomic E-state index is 11.3. The van der Waals surface area contributed by atoms with Crippen LogP contribution >= 0.6 is 0 Å². The molecule has 0 radical (unpaired) electrons. The van der Waals surface area contributed by atoms with Gasteiger partial charge in [-0.25, -0.2) is 0 Å². The van der Waals surface area contributed by atoms with Crippen molar-refractivity contribution < 1.29 is 9.21 Å². The first-order chi connectivity index (χ1) is 8.99. The molecule has 0 aromatic carbocycles. The van der Waals surface area contributed by atoms with Gasteiger partial charge in [0.25, 0.3) is 5.91 Å². The summed E-state index contributed by atoms with van der Waals surface area (Å²) in [6.07, 6.45) is 3.08. The minimum atomic E-state index is -0.497. The maximum Gasteiger partial charge on any atom is 0.252 e. The molecule has 2 aromatic rings. The number of nitrogens with two attached hydrogens (primary N) is 1. The first-order valence-corrected chi connectivity index (χ1v) is 6.06. The van der Waals surface area contributed by atoms with Gasteiger partial charge >= 0.3 is 0 Å². The number of aryl methyl sites for hydroxylation is 2. The van der Waals surface area contributed by atoms with E-state index in [1.54, 1.807) is 12.3 Å². The summed E-state index contributed by atoms with van der Waals surface area (Å²) in [7, 11) is 0. The van der Waals surface area contributed by atoms with E-state index in [9.17, 15) is 4.79 Å². The van der Waals surface area contributed by atoms with Gasteiger partial charge in [-0.3, -0.25) is 9.78 Å². The van der Waals surface area contributed by atoms with Crippen LogP contribution in [0.1, 0.15) is 40.4 Å². The highest BCUT2D eigenvalue weighted by molar-refractivity contribution is 5.98. The highest BCUT2D eigenvalue weighted by Gasteiger charge is 2.15. The van der Waals surface area contributed by atoms with E-state index < -0.39 is 5.91 Å². The van der Waals surface area contributed by atoms with Gasteiger partial charge < -0.3 is 15.5 Å². The summed E-state index contributed by atoms with van der Waals surface area (Å²) < 4.78 is 5.51. The van der Waals surface area contributed by atoms with Crippen molar-refractivity contribution in [1.29, 1.82) is 0 Å². The van der Waals surface area contributed by atoms with Crippen LogP contribution in [0.5, 0.6) is 0 Å². The molecule has 19 heavy (non-hydrogen) atoms. The van der Waals surface area contributed by atoms with E-state index in [1.807, 2.05) is 26.8 Å². The van der Waals surface area contributed by atoms with Gasteiger partial charge in [0.1, 0.15) is 11.5 Å². The zero-order valence-electron chi connectivity index (χ0n) is 11.2. The van der Waals surface area contributed by atoms with Crippen molar-refractivity contribution in [2.75, 3.05) is 5.32 Å². The number of primary amides is 1. The second kappa shape index (κ2) is 5.14. The van der Waals surface area contributed by atoms with Crippen LogP contribution in [-0.2, 0) is 0 Å². The fraction of sp³-hybridized carbons (Fsp3) is 0.286. The molecule has 1 atom stereocenters. The number of nitrogens with one attached hydrogen (secondary N) is 1. The summed E-state index contributed by atoms with van der Waals surface area (Å²) in [5.41, 5.74) is 7.44. The number of furan rings is 1. The molecule has 5 heteroatoms. The lowest BCUT2D eigenvalue weighted by atomic mass is 10.1. The number of nitrogens with zero attached hydrogens (tertiary/aromatic N) is 1. The number of aromatic nitrogens is 1. The van der Waals surface area contributed by atoms with Crippen molar-refractivity contribution in [2.45, 2.75) is 26.8 Å². The number of amides is 1. The molecule has 2 aromatic heterocycles. The van der Waals surface area contributed by atoms with E-state index in [-0.39, 0.29) is 6.04 Å². The van der Waals surface area contributed by atoms with Crippen LogP contribution in [0.2, 0.25) is 0 Å². The predicted octanol–water partition coefficient (Wildman–Crippen LogP) is 2.56. The molecule has 0 spiro atoms. The highest BCUT2D eigenvalue weighted by Crippen LogP contribution is 2.26. The fourth-order valence-electron chi connectivity index (χ4n) is 2.11. The first kappa shape index (κ1) is 13.1. The van der Waals surface area contributed by atoms with Crippen molar-refractivity contribution in [3.05, 3.63) is 47.2 Å². The Labute approximate surface area is 111 Å². The third-order valence-corrected chi connectivity index (χ3v) is 3.00. The molecule has 3 N–H and O–H groups in total. The second-order valence-electron chi connectivity index (χ2n) is 4.52. The Balaban J connectivity index is 2.26. The summed E-state index contributed by atoms with van der Waals surface area (Å²) in [5, 5.41) is 3.26. The lowest BCUT2D eigenvalue weighted by molar-refractivity contribution is 0.100. The average Bonchev–Trinajstić information content (AvgIpc) is 2.69. The smallest absolute Gasteiger partial charge is 0.252 e. The van der Waals surface area contributed by atoms with Gasteiger partial charge in [0.2, 0.25) is 0 Å². The third-order valence-electron chi connectivity index (χ3n) is 3.00. The van der Waals surface area contributed by atoms with E-state index in [4.69, 9.17) is 10.2 Å². The number of carbonyl (C=O) groups excluding carboxylic acids is 1. The van der Waals surface area contributed by atoms with Gasteiger partial charge in [0.05, 0.1) is 17.3 Å². The molecule has 2 heterocycles. The summed E-state index contributed by atoms with van der Waals surface area (Å²) in [4.78, 5) is 15.2. The molecule has 2 rings (SSSR count). The standard InChI is InChI=1S/C14H17N3O2/c1-8-6-11(10(3)19-8)9(2)17-13-4-5-16-7-12(13)14(15)18/h4-7,9H,1-3H3,(H2,15,18)(H,16,17). The van der Waals surface area contributed by atoms with Crippen molar-refractivity contribution >= 4 is 11.6 Å². The molecule has 100 valence electrons. The van der Waals surface area contributed by atoms with Crippen molar-refractivity contribution in [3.8, 4) is 0 Å². The van der Waals surface area contributed by atoms with Crippen LogP contribution < -0.4 is 11.1 Å². The number of carbonyl (C=O) groups is 1. The Morgan fingerprint density at radius 1 is 1.47 bits per heavy atom. The van der Waals surface area contributed by atoms with Crippen molar-refractivity contribution in [3.63, 3.8) is 0 Å². The molecule has 0 bridgehead atoms. The Morgan fingerprint density at radius 3 is 2.79 bits per heavy atom. The van der Waals surface area contributed by atoms with Gasteiger partial charge in [-0.05, 0) is 32.9 Å². The summed E-state index contributed by atoms with van der Waals surface area (Å²) in [6, 6.07) is 3.73. The van der Waals surface area contributed by atoms with Crippen molar-refractivity contribution in [1.82, 2.24) is 4.98 Å². The molecule has 0 aliphatic carbocycles. The molecule has 0 saturated carbocycles. The van der Waals surface area contributed by atoms with Crippen molar-refractivity contribution in [2.24, 2.45) is 5.73 Å². The Morgan fingerprint density at radius 2 is 2.21 bits per heavy atom. The largest absolute Gasteiger partial charge is 0.466 e.